The lowest BCUT2D eigenvalue weighted by Gasteiger charge is -2.35. The second-order valence-corrected chi connectivity index (χ2v) is 6.93. The lowest BCUT2D eigenvalue weighted by atomic mass is 10.1. The van der Waals surface area contributed by atoms with E-state index in [9.17, 15) is 0 Å². The number of hydrogen-bond acceptors (Lipinski definition) is 6. The standard InChI is InChI=1S/C19H30N2O4/c1-14-11-21(12-15(2)25-14)7-5-4-6-20-10-16-8-17(22-3)19-18(9-16)23-13-24-19/h8-9,14-15,20H,4-7,10-13H2,1-3H3. The molecule has 0 aliphatic carbocycles. The van der Waals surface area contributed by atoms with E-state index in [2.05, 4.69) is 24.1 Å². The zero-order valence-corrected chi connectivity index (χ0v) is 15.5. The summed E-state index contributed by atoms with van der Waals surface area (Å²) in [6.07, 6.45) is 3.07. The molecule has 1 N–H and O–H groups in total. The third-order valence-electron chi connectivity index (χ3n) is 4.62. The van der Waals surface area contributed by atoms with Crippen LogP contribution in [0.3, 0.4) is 0 Å². The second kappa shape index (κ2) is 8.74. The predicted molar refractivity (Wildman–Crippen MR) is 96.5 cm³/mol. The van der Waals surface area contributed by atoms with E-state index in [1.807, 2.05) is 12.1 Å². The van der Waals surface area contributed by atoms with E-state index >= 15 is 0 Å². The van der Waals surface area contributed by atoms with E-state index in [0.717, 1.165) is 49.8 Å². The van der Waals surface area contributed by atoms with Gasteiger partial charge in [0.15, 0.2) is 11.5 Å². The maximum absolute atomic E-state index is 5.78. The van der Waals surface area contributed by atoms with Crippen LogP contribution in [0.4, 0.5) is 0 Å². The van der Waals surface area contributed by atoms with Crippen LogP contribution in [0.2, 0.25) is 0 Å². The minimum atomic E-state index is 0.265. The van der Waals surface area contributed by atoms with Gasteiger partial charge in [0.1, 0.15) is 0 Å². The van der Waals surface area contributed by atoms with Crippen LogP contribution in [-0.4, -0.2) is 57.2 Å². The van der Waals surface area contributed by atoms with E-state index in [0.29, 0.717) is 18.0 Å². The number of unbranched alkanes of at least 4 members (excludes halogenated alkanes) is 1. The summed E-state index contributed by atoms with van der Waals surface area (Å²) in [5, 5.41) is 3.50. The summed E-state index contributed by atoms with van der Waals surface area (Å²) in [6, 6.07) is 4.03. The molecule has 1 fully saturated rings. The Morgan fingerprint density at radius 3 is 2.72 bits per heavy atom. The van der Waals surface area contributed by atoms with Crippen LogP contribution >= 0.6 is 0 Å². The summed E-state index contributed by atoms with van der Waals surface area (Å²) in [5.41, 5.74) is 1.15. The number of ether oxygens (including phenoxy) is 4. The molecule has 1 saturated heterocycles. The molecular weight excluding hydrogens is 320 g/mol. The fourth-order valence-corrected chi connectivity index (χ4v) is 3.57. The fraction of sp³-hybridized carbons (Fsp3) is 0.684. The van der Waals surface area contributed by atoms with E-state index in [4.69, 9.17) is 18.9 Å². The van der Waals surface area contributed by atoms with Crippen LogP contribution in [0.25, 0.3) is 0 Å². The molecule has 0 radical (unpaired) electrons. The fourth-order valence-electron chi connectivity index (χ4n) is 3.57. The Balaban J connectivity index is 1.35. The van der Waals surface area contributed by atoms with Crippen molar-refractivity contribution in [2.75, 3.05) is 40.1 Å². The van der Waals surface area contributed by atoms with Crippen molar-refractivity contribution in [3.8, 4) is 17.2 Å². The zero-order valence-electron chi connectivity index (χ0n) is 15.5. The molecule has 0 saturated carbocycles. The van der Waals surface area contributed by atoms with Gasteiger partial charge in [0.2, 0.25) is 12.5 Å². The molecule has 2 atom stereocenters. The highest BCUT2D eigenvalue weighted by atomic mass is 16.7. The van der Waals surface area contributed by atoms with Crippen LogP contribution in [0.5, 0.6) is 17.2 Å². The largest absolute Gasteiger partial charge is 0.493 e. The Hall–Kier alpha value is -1.50. The summed E-state index contributed by atoms with van der Waals surface area (Å²) >= 11 is 0. The number of fused-ring (bicyclic) bond motifs is 1. The van der Waals surface area contributed by atoms with Gasteiger partial charge in [0, 0.05) is 19.6 Å². The number of rotatable bonds is 8. The molecule has 1 aromatic rings. The molecule has 2 aliphatic rings. The molecule has 2 aliphatic heterocycles. The topological polar surface area (TPSA) is 52.2 Å². The highest BCUT2D eigenvalue weighted by Crippen LogP contribution is 2.41. The average Bonchev–Trinajstić information content (AvgIpc) is 3.05. The Bertz CT molecular complexity index is 557. The SMILES string of the molecule is COc1cc(CNCCCCN2CC(C)OC(C)C2)cc2c1OCO2. The predicted octanol–water partition coefficient (Wildman–Crippen LogP) is 2.40. The lowest BCUT2D eigenvalue weighted by Crippen LogP contribution is -2.45. The summed E-state index contributed by atoms with van der Waals surface area (Å²) in [7, 11) is 1.65. The third kappa shape index (κ3) is 5.00. The van der Waals surface area contributed by atoms with Crippen LogP contribution in [0.1, 0.15) is 32.3 Å². The van der Waals surface area contributed by atoms with Crippen molar-refractivity contribution in [2.24, 2.45) is 0 Å². The van der Waals surface area contributed by atoms with Crippen molar-refractivity contribution in [1.82, 2.24) is 10.2 Å². The normalized spacial score (nSPS) is 23.0. The van der Waals surface area contributed by atoms with E-state index in [-0.39, 0.29) is 6.79 Å². The number of methoxy groups -OCH3 is 1. The summed E-state index contributed by atoms with van der Waals surface area (Å²) in [5.74, 6) is 2.22. The van der Waals surface area contributed by atoms with Gasteiger partial charge in [-0.3, -0.25) is 4.90 Å². The Kier molecular flexibility index (Phi) is 6.39. The third-order valence-corrected chi connectivity index (χ3v) is 4.62. The van der Waals surface area contributed by atoms with Gasteiger partial charge in [-0.25, -0.2) is 0 Å². The minimum absolute atomic E-state index is 0.265. The molecule has 2 heterocycles. The molecule has 6 heteroatoms. The minimum Gasteiger partial charge on any atom is -0.493 e. The molecule has 0 spiro atoms. The van der Waals surface area contributed by atoms with Gasteiger partial charge < -0.3 is 24.3 Å². The smallest absolute Gasteiger partial charge is 0.231 e. The Morgan fingerprint density at radius 1 is 1.16 bits per heavy atom. The maximum atomic E-state index is 5.78. The van der Waals surface area contributed by atoms with Crippen LogP contribution in [0, 0.1) is 0 Å². The van der Waals surface area contributed by atoms with Crippen LogP contribution in [-0.2, 0) is 11.3 Å². The molecule has 2 unspecified atom stereocenters. The molecule has 0 aromatic heterocycles. The number of nitrogens with one attached hydrogen (secondary N) is 1. The van der Waals surface area contributed by atoms with Gasteiger partial charge in [0.05, 0.1) is 19.3 Å². The van der Waals surface area contributed by atoms with Gasteiger partial charge in [-0.05, 0) is 57.5 Å². The molecule has 0 amide bonds. The quantitative estimate of drug-likeness (QED) is 0.727. The number of benzene rings is 1. The monoisotopic (exact) mass is 350 g/mol. The maximum Gasteiger partial charge on any atom is 0.231 e. The Morgan fingerprint density at radius 2 is 1.96 bits per heavy atom. The molecular formula is C19H30N2O4. The highest BCUT2D eigenvalue weighted by Gasteiger charge is 2.21. The van der Waals surface area contributed by atoms with E-state index in [1.54, 1.807) is 7.11 Å². The molecule has 25 heavy (non-hydrogen) atoms. The molecule has 140 valence electrons. The van der Waals surface area contributed by atoms with E-state index in [1.165, 1.54) is 12.8 Å². The van der Waals surface area contributed by atoms with Gasteiger partial charge in [-0.1, -0.05) is 0 Å². The summed E-state index contributed by atoms with van der Waals surface area (Å²) in [6.45, 7) is 9.64. The molecule has 6 nitrogen and oxygen atoms in total. The first-order chi connectivity index (χ1) is 12.2. The highest BCUT2D eigenvalue weighted by molar-refractivity contribution is 5.55. The van der Waals surface area contributed by atoms with E-state index < -0.39 is 0 Å². The van der Waals surface area contributed by atoms with Crippen molar-refractivity contribution in [3.63, 3.8) is 0 Å². The van der Waals surface area contributed by atoms with Gasteiger partial charge in [-0.15, -0.1) is 0 Å². The molecule has 3 rings (SSSR count). The molecule has 0 bridgehead atoms. The first-order valence-corrected chi connectivity index (χ1v) is 9.20. The zero-order chi connectivity index (χ0) is 17.6. The first-order valence-electron chi connectivity index (χ1n) is 9.20. The van der Waals surface area contributed by atoms with Gasteiger partial charge in [0.25, 0.3) is 0 Å². The number of hydrogen-bond donors (Lipinski definition) is 1. The van der Waals surface area contributed by atoms with Crippen molar-refractivity contribution < 1.29 is 18.9 Å². The number of morpholine rings is 1. The van der Waals surface area contributed by atoms with Crippen LogP contribution < -0.4 is 19.5 Å². The van der Waals surface area contributed by atoms with Crippen molar-refractivity contribution in [2.45, 2.75) is 45.4 Å². The van der Waals surface area contributed by atoms with Gasteiger partial charge in [-0.2, -0.15) is 0 Å². The number of nitrogens with zero attached hydrogens (tertiary/aromatic N) is 1. The van der Waals surface area contributed by atoms with Crippen molar-refractivity contribution in [3.05, 3.63) is 17.7 Å². The summed E-state index contributed by atoms with van der Waals surface area (Å²) < 4.78 is 22.0. The molecule has 1 aromatic carbocycles. The van der Waals surface area contributed by atoms with Crippen LogP contribution in [0.15, 0.2) is 12.1 Å². The van der Waals surface area contributed by atoms with Gasteiger partial charge >= 0.3 is 0 Å². The van der Waals surface area contributed by atoms with Crippen molar-refractivity contribution in [1.29, 1.82) is 0 Å². The second-order valence-electron chi connectivity index (χ2n) is 6.93. The Labute approximate surface area is 150 Å². The van der Waals surface area contributed by atoms with Crippen molar-refractivity contribution >= 4 is 0 Å². The average molecular weight is 350 g/mol. The first kappa shape index (κ1) is 18.3. The lowest BCUT2D eigenvalue weighted by molar-refractivity contribution is -0.0681. The summed E-state index contributed by atoms with van der Waals surface area (Å²) in [4.78, 5) is 2.52.